The number of piperidine rings is 1. The van der Waals surface area contributed by atoms with Crippen LogP contribution in [0.2, 0.25) is 0 Å². The van der Waals surface area contributed by atoms with Gasteiger partial charge in [-0.3, -0.25) is 9.89 Å². The van der Waals surface area contributed by atoms with Gasteiger partial charge >= 0.3 is 0 Å². The standard InChI is InChI=1S/C22H38N4O.HI/c1-3-9-19(13-15-27)16-24-22(23-4-2)25-21-12-8-14-26(18-21)17-20-10-6-5-7-11-20;/h5-7,10-11,19,21,27H,3-4,8-9,12-18H2,1-2H3,(H2,23,24,25);1H. The Morgan fingerprint density at radius 3 is 2.71 bits per heavy atom. The zero-order valence-corrected chi connectivity index (χ0v) is 19.9. The molecule has 1 aliphatic rings. The molecule has 1 saturated heterocycles. The minimum atomic E-state index is 0. The van der Waals surface area contributed by atoms with Crippen molar-refractivity contribution in [3.05, 3.63) is 35.9 Å². The van der Waals surface area contributed by atoms with Crippen molar-refractivity contribution in [1.29, 1.82) is 0 Å². The Bertz CT molecular complexity index is 535. The van der Waals surface area contributed by atoms with E-state index in [1.165, 1.54) is 18.4 Å². The molecular weight excluding hydrogens is 463 g/mol. The molecule has 1 aliphatic heterocycles. The Hall–Kier alpha value is -0.860. The quantitative estimate of drug-likeness (QED) is 0.260. The molecule has 1 fully saturated rings. The highest BCUT2D eigenvalue weighted by Crippen LogP contribution is 2.14. The van der Waals surface area contributed by atoms with Crippen molar-refractivity contribution in [2.45, 2.75) is 58.5 Å². The van der Waals surface area contributed by atoms with Crippen LogP contribution in [0.1, 0.15) is 51.5 Å². The SMILES string of the molecule is CCCC(CCO)CN=C(NCC)NC1CCCN(Cc2ccccc2)C1.I. The second kappa shape index (κ2) is 15.0. The predicted octanol–water partition coefficient (Wildman–Crippen LogP) is 3.62. The summed E-state index contributed by atoms with van der Waals surface area (Å²) < 4.78 is 0. The maximum absolute atomic E-state index is 9.26. The normalized spacial score (nSPS) is 19.0. The van der Waals surface area contributed by atoms with Crippen LogP contribution in [-0.2, 0) is 6.54 Å². The van der Waals surface area contributed by atoms with E-state index in [-0.39, 0.29) is 30.6 Å². The highest BCUT2D eigenvalue weighted by Gasteiger charge is 2.21. The molecule has 1 aromatic rings. The summed E-state index contributed by atoms with van der Waals surface area (Å²) in [7, 11) is 0. The van der Waals surface area contributed by atoms with Crippen LogP contribution in [0, 0.1) is 5.92 Å². The molecule has 1 heterocycles. The molecule has 0 aromatic heterocycles. The van der Waals surface area contributed by atoms with Gasteiger partial charge in [-0.15, -0.1) is 24.0 Å². The average Bonchev–Trinajstić information content (AvgIpc) is 2.67. The molecule has 28 heavy (non-hydrogen) atoms. The van der Waals surface area contributed by atoms with E-state index in [1.54, 1.807) is 0 Å². The number of halogens is 1. The van der Waals surface area contributed by atoms with Crippen LogP contribution in [0.3, 0.4) is 0 Å². The van der Waals surface area contributed by atoms with E-state index in [0.717, 1.165) is 57.9 Å². The Kier molecular flexibility index (Phi) is 13.5. The summed E-state index contributed by atoms with van der Waals surface area (Å²) in [4.78, 5) is 7.35. The smallest absolute Gasteiger partial charge is 0.191 e. The lowest BCUT2D eigenvalue weighted by atomic mass is 10.0. The predicted molar refractivity (Wildman–Crippen MR) is 129 cm³/mol. The molecule has 0 bridgehead atoms. The molecule has 5 nitrogen and oxygen atoms in total. The highest BCUT2D eigenvalue weighted by molar-refractivity contribution is 14.0. The van der Waals surface area contributed by atoms with Crippen molar-refractivity contribution in [1.82, 2.24) is 15.5 Å². The maximum atomic E-state index is 9.26. The zero-order chi connectivity index (χ0) is 19.3. The molecule has 2 unspecified atom stereocenters. The van der Waals surface area contributed by atoms with Gasteiger partial charge in [-0.1, -0.05) is 43.7 Å². The number of hydrogen-bond acceptors (Lipinski definition) is 3. The lowest BCUT2D eigenvalue weighted by molar-refractivity contribution is 0.192. The molecule has 0 amide bonds. The Morgan fingerprint density at radius 1 is 1.25 bits per heavy atom. The van der Waals surface area contributed by atoms with Crippen LogP contribution in [0.5, 0.6) is 0 Å². The number of rotatable bonds is 10. The van der Waals surface area contributed by atoms with Crippen molar-refractivity contribution in [2.75, 3.05) is 32.8 Å². The number of aliphatic hydroxyl groups excluding tert-OH is 1. The third-order valence-electron chi connectivity index (χ3n) is 5.18. The van der Waals surface area contributed by atoms with Gasteiger partial charge in [0.2, 0.25) is 0 Å². The first-order valence-electron chi connectivity index (χ1n) is 10.7. The Labute approximate surface area is 188 Å². The fourth-order valence-electron chi connectivity index (χ4n) is 3.81. The maximum Gasteiger partial charge on any atom is 0.191 e. The van der Waals surface area contributed by atoms with Crippen LogP contribution >= 0.6 is 24.0 Å². The molecule has 0 radical (unpaired) electrons. The van der Waals surface area contributed by atoms with Crippen LogP contribution in [0.15, 0.2) is 35.3 Å². The summed E-state index contributed by atoms with van der Waals surface area (Å²) in [6, 6.07) is 11.2. The zero-order valence-electron chi connectivity index (χ0n) is 17.6. The van der Waals surface area contributed by atoms with E-state index in [1.807, 2.05) is 0 Å². The van der Waals surface area contributed by atoms with E-state index in [4.69, 9.17) is 4.99 Å². The first-order chi connectivity index (χ1) is 13.2. The third kappa shape index (κ3) is 9.56. The van der Waals surface area contributed by atoms with Gasteiger partial charge in [0.15, 0.2) is 5.96 Å². The van der Waals surface area contributed by atoms with Gasteiger partial charge in [0, 0.05) is 38.8 Å². The van der Waals surface area contributed by atoms with Crippen molar-refractivity contribution < 1.29 is 5.11 Å². The molecule has 160 valence electrons. The minimum absolute atomic E-state index is 0. The van der Waals surface area contributed by atoms with Crippen molar-refractivity contribution in [3.63, 3.8) is 0 Å². The summed E-state index contributed by atoms with van der Waals surface area (Å²) in [5, 5.41) is 16.3. The molecule has 6 heteroatoms. The second-order valence-corrected chi connectivity index (χ2v) is 7.59. The van der Waals surface area contributed by atoms with Crippen molar-refractivity contribution in [3.8, 4) is 0 Å². The molecule has 2 atom stereocenters. The topological polar surface area (TPSA) is 59.9 Å². The number of nitrogens with one attached hydrogen (secondary N) is 2. The molecular formula is C22H39IN4O. The van der Waals surface area contributed by atoms with Crippen molar-refractivity contribution in [2.24, 2.45) is 10.9 Å². The average molecular weight is 502 g/mol. The number of aliphatic hydroxyl groups is 1. The second-order valence-electron chi connectivity index (χ2n) is 7.59. The molecule has 2 rings (SSSR count). The van der Waals surface area contributed by atoms with Crippen LogP contribution in [0.25, 0.3) is 0 Å². The van der Waals surface area contributed by atoms with E-state index < -0.39 is 0 Å². The van der Waals surface area contributed by atoms with Crippen LogP contribution in [0.4, 0.5) is 0 Å². The summed E-state index contributed by atoms with van der Waals surface area (Å²) in [5.74, 6) is 1.39. The fourth-order valence-corrected chi connectivity index (χ4v) is 3.81. The number of guanidine groups is 1. The highest BCUT2D eigenvalue weighted by atomic mass is 127. The first kappa shape index (κ1) is 25.2. The molecule has 3 N–H and O–H groups in total. The monoisotopic (exact) mass is 502 g/mol. The van der Waals surface area contributed by atoms with Crippen LogP contribution in [-0.4, -0.2) is 54.8 Å². The van der Waals surface area contributed by atoms with E-state index in [0.29, 0.717) is 12.0 Å². The lowest BCUT2D eigenvalue weighted by Gasteiger charge is -2.34. The van der Waals surface area contributed by atoms with Gasteiger partial charge < -0.3 is 15.7 Å². The van der Waals surface area contributed by atoms with E-state index in [2.05, 4.69) is 59.7 Å². The summed E-state index contributed by atoms with van der Waals surface area (Å²) >= 11 is 0. The van der Waals surface area contributed by atoms with Gasteiger partial charge in [0.25, 0.3) is 0 Å². The van der Waals surface area contributed by atoms with Crippen molar-refractivity contribution >= 4 is 29.9 Å². The minimum Gasteiger partial charge on any atom is -0.396 e. The Morgan fingerprint density at radius 2 is 2.04 bits per heavy atom. The fraction of sp³-hybridized carbons (Fsp3) is 0.682. The van der Waals surface area contributed by atoms with Crippen LogP contribution < -0.4 is 10.6 Å². The number of likely N-dealkylation sites (tertiary alicyclic amines) is 1. The van der Waals surface area contributed by atoms with Gasteiger partial charge in [-0.25, -0.2) is 0 Å². The summed E-state index contributed by atoms with van der Waals surface area (Å²) in [6.07, 6.45) is 5.50. The largest absolute Gasteiger partial charge is 0.396 e. The molecule has 1 aromatic carbocycles. The van der Waals surface area contributed by atoms with Gasteiger partial charge in [-0.05, 0) is 50.6 Å². The van der Waals surface area contributed by atoms with Gasteiger partial charge in [0.1, 0.15) is 0 Å². The number of nitrogens with zero attached hydrogens (tertiary/aromatic N) is 2. The van der Waals surface area contributed by atoms with E-state index in [9.17, 15) is 5.11 Å². The molecule has 0 spiro atoms. The van der Waals surface area contributed by atoms with E-state index >= 15 is 0 Å². The lowest BCUT2D eigenvalue weighted by Crippen LogP contribution is -2.51. The number of aliphatic imine (C=N–C) groups is 1. The number of hydrogen-bond donors (Lipinski definition) is 3. The van der Waals surface area contributed by atoms with Gasteiger partial charge in [0.05, 0.1) is 0 Å². The number of benzene rings is 1. The first-order valence-corrected chi connectivity index (χ1v) is 10.7. The summed E-state index contributed by atoms with van der Waals surface area (Å²) in [5.41, 5.74) is 1.38. The third-order valence-corrected chi connectivity index (χ3v) is 5.18. The molecule has 0 aliphatic carbocycles. The molecule has 0 saturated carbocycles. The summed E-state index contributed by atoms with van der Waals surface area (Å²) in [6.45, 7) is 9.43. The Balaban J connectivity index is 0.00000392. The van der Waals surface area contributed by atoms with Gasteiger partial charge in [-0.2, -0.15) is 0 Å².